The maximum Gasteiger partial charge on any atom is 0.431 e. The van der Waals surface area contributed by atoms with Crippen molar-refractivity contribution in [3.05, 3.63) is 30.1 Å². The van der Waals surface area contributed by atoms with Gasteiger partial charge in [-0.3, -0.25) is 9.82 Å². The van der Waals surface area contributed by atoms with E-state index in [0.29, 0.717) is 6.42 Å². The Morgan fingerprint density at radius 3 is 2.67 bits per heavy atom. The fraction of sp³-hybridized carbons (Fsp3) is 0.400. The van der Waals surface area contributed by atoms with Crippen molar-refractivity contribution in [3.63, 3.8) is 0 Å². The lowest BCUT2D eigenvalue weighted by Gasteiger charge is -2.20. The normalized spacial score (nSPS) is 11.3. The Morgan fingerprint density at radius 2 is 2.17 bits per heavy atom. The molecule has 18 heavy (non-hydrogen) atoms. The molecule has 100 valence electrons. The van der Waals surface area contributed by atoms with Crippen LogP contribution in [0, 0.1) is 0 Å². The van der Waals surface area contributed by atoms with Crippen molar-refractivity contribution in [2.75, 3.05) is 13.2 Å². The summed E-state index contributed by atoms with van der Waals surface area (Å²) in [5.41, 5.74) is 0.751. The summed E-state index contributed by atoms with van der Waals surface area (Å²) in [5, 5.41) is 9.62. The van der Waals surface area contributed by atoms with Gasteiger partial charge >= 0.3 is 6.09 Å². The summed E-state index contributed by atoms with van der Waals surface area (Å²) in [6.45, 7) is -0.237. The fourth-order valence-electron chi connectivity index (χ4n) is 1.13. The molecule has 0 aliphatic carbocycles. The van der Waals surface area contributed by atoms with Crippen LogP contribution in [0.25, 0.3) is 0 Å². The van der Waals surface area contributed by atoms with Gasteiger partial charge in [0.15, 0.2) is 0 Å². The monoisotopic (exact) mass is 312 g/mol. The molecule has 0 aliphatic rings. The van der Waals surface area contributed by atoms with Gasteiger partial charge in [-0.1, -0.05) is 40.9 Å². The van der Waals surface area contributed by atoms with Gasteiger partial charge in [0.25, 0.3) is 0 Å². The lowest BCUT2D eigenvalue weighted by molar-refractivity contribution is -0.128. The van der Waals surface area contributed by atoms with Gasteiger partial charge in [0.2, 0.25) is 3.79 Å². The Balaban J connectivity index is 2.46. The zero-order valence-corrected chi connectivity index (χ0v) is 11.5. The van der Waals surface area contributed by atoms with Gasteiger partial charge in [0.05, 0.1) is 6.54 Å². The molecule has 1 rings (SSSR count). The molecule has 1 aromatic rings. The van der Waals surface area contributed by atoms with Crippen molar-refractivity contribution in [1.29, 1.82) is 0 Å². The highest BCUT2D eigenvalue weighted by Crippen LogP contribution is 2.26. The lowest BCUT2D eigenvalue weighted by Crippen LogP contribution is -2.34. The number of pyridine rings is 1. The average molecular weight is 314 g/mol. The molecule has 0 saturated carbocycles. The summed E-state index contributed by atoms with van der Waals surface area (Å²) < 4.78 is -1.65. The number of nitrogens with zero attached hydrogens (tertiary/aromatic N) is 2. The van der Waals surface area contributed by atoms with E-state index in [4.69, 9.17) is 44.7 Å². The highest BCUT2D eigenvalue weighted by Gasteiger charge is 2.24. The van der Waals surface area contributed by atoms with Crippen LogP contribution in [0.2, 0.25) is 0 Å². The smallest absolute Gasteiger partial charge is 0.431 e. The minimum absolute atomic E-state index is 0.104. The quantitative estimate of drug-likeness (QED) is 0.670. The van der Waals surface area contributed by atoms with Gasteiger partial charge in [-0.25, -0.2) is 4.79 Å². The van der Waals surface area contributed by atoms with Gasteiger partial charge < -0.3 is 5.11 Å². The Bertz CT molecular complexity index is 384. The van der Waals surface area contributed by atoms with E-state index in [0.717, 1.165) is 10.8 Å². The van der Waals surface area contributed by atoms with Crippen LogP contribution in [0.3, 0.4) is 0 Å². The molecule has 8 heteroatoms. The first-order valence-electron chi connectivity index (χ1n) is 4.98. The molecular weight excluding hydrogens is 302 g/mol. The predicted octanol–water partition coefficient (Wildman–Crippen LogP) is 2.91. The van der Waals surface area contributed by atoms with E-state index >= 15 is 0 Å². The molecule has 1 N–H and O–H groups in total. The summed E-state index contributed by atoms with van der Waals surface area (Å²) in [4.78, 5) is 19.9. The summed E-state index contributed by atoms with van der Waals surface area (Å²) in [5.74, 6) is 0. The number of halogens is 3. The van der Waals surface area contributed by atoms with Crippen molar-refractivity contribution in [2.24, 2.45) is 0 Å². The second kappa shape index (κ2) is 6.99. The number of carboxylic acid groups (broad SMARTS) is 1. The van der Waals surface area contributed by atoms with Gasteiger partial charge in [0, 0.05) is 18.3 Å². The molecule has 1 aromatic heterocycles. The van der Waals surface area contributed by atoms with Crippen LogP contribution < -0.4 is 0 Å². The van der Waals surface area contributed by atoms with Crippen molar-refractivity contribution < 1.29 is 14.7 Å². The van der Waals surface area contributed by atoms with E-state index in [1.54, 1.807) is 18.3 Å². The number of amides is 1. The lowest BCUT2D eigenvalue weighted by atomic mass is 10.3. The molecule has 0 atom stereocenters. The van der Waals surface area contributed by atoms with E-state index in [9.17, 15) is 4.79 Å². The molecule has 0 saturated heterocycles. The van der Waals surface area contributed by atoms with Crippen molar-refractivity contribution in [2.45, 2.75) is 10.2 Å². The second-order valence-electron chi connectivity index (χ2n) is 3.34. The molecule has 0 bridgehead atoms. The van der Waals surface area contributed by atoms with E-state index < -0.39 is 9.89 Å². The van der Waals surface area contributed by atoms with Gasteiger partial charge in [-0.15, -0.1) is 0 Å². The maximum absolute atomic E-state index is 10.9. The van der Waals surface area contributed by atoms with E-state index in [-0.39, 0.29) is 13.2 Å². The minimum atomic E-state index is -1.65. The summed E-state index contributed by atoms with van der Waals surface area (Å²) >= 11 is 16.4. The van der Waals surface area contributed by atoms with E-state index in [1.807, 2.05) is 6.07 Å². The summed E-state index contributed by atoms with van der Waals surface area (Å²) in [7, 11) is 0. The Morgan fingerprint density at radius 1 is 1.44 bits per heavy atom. The molecule has 0 aliphatic heterocycles. The van der Waals surface area contributed by atoms with Crippen molar-refractivity contribution in [1.82, 2.24) is 10.0 Å². The van der Waals surface area contributed by atoms with Crippen molar-refractivity contribution >= 4 is 40.9 Å². The first kappa shape index (κ1) is 15.3. The SMILES string of the molecule is O=C(O)N(CCc1ccccn1)OCC(Cl)(Cl)Cl. The third kappa shape index (κ3) is 6.26. The second-order valence-corrected chi connectivity index (χ2v) is 5.86. The van der Waals surface area contributed by atoms with Gasteiger partial charge in [0.1, 0.15) is 6.61 Å². The highest BCUT2D eigenvalue weighted by atomic mass is 35.6. The molecule has 0 fully saturated rings. The number of hydroxylamine groups is 2. The van der Waals surface area contributed by atoms with Crippen LogP contribution in [-0.2, 0) is 11.3 Å². The van der Waals surface area contributed by atoms with E-state index in [2.05, 4.69) is 4.98 Å². The molecule has 5 nitrogen and oxygen atoms in total. The van der Waals surface area contributed by atoms with E-state index in [1.165, 1.54) is 0 Å². The molecule has 1 heterocycles. The predicted molar refractivity (Wildman–Crippen MR) is 68.9 cm³/mol. The Hall–Kier alpha value is -0.750. The molecule has 0 spiro atoms. The minimum Gasteiger partial charge on any atom is -0.463 e. The van der Waals surface area contributed by atoms with Gasteiger partial charge in [-0.05, 0) is 12.1 Å². The molecule has 0 aromatic carbocycles. The number of rotatable bonds is 5. The number of hydrogen-bond acceptors (Lipinski definition) is 3. The maximum atomic E-state index is 10.9. The first-order valence-corrected chi connectivity index (χ1v) is 6.12. The van der Waals surface area contributed by atoms with Gasteiger partial charge in [-0.2, -0.15) is 5.06 Å². The Kier molecular flexibility index (Phi) is 5.95. The third-order valence-electron chi connectivity index (χ3n) is 1.89. The zero-order chi connectivity index (χ0) is 13.6. The van der Waals surface area contributed by atoms with Crippen LogP contribution in [0.4, 0.5) is 4.79 Å². The molecular formula is C10H11Cl3N2O3. The number of carbonyl (C=O) groups is 1. The average Bonchev–Trinajstić information content (AvgIpc) is 2.28. The number of hydrogen-bond donors (Lipinski definition) is 1. The summed E-state index contributed by atoms with van der Waals surface area (Å²) in [6, 6.07) is 5.38. The van der Waals surface area contributed by atoms with Crippen LogP contribution in [0.15, 0.2) is 24.4 Å². The molecule has 0 radical (unpaired) electrons. The topological polar surface area (TPSA) is 62.7 Å². The van der Waals surface area contributed by atoms with Crippen LogP contribution in [0.1, 0.15) is 5.69 Å². The molecule has 0 unspecified atom stereocenters. The first-order chi connectivity index (χ1) is 8.38. The Labute approximate surface area is 119 Å². The van der Waals surface area contributed by atoms with Crippen molar-refractivity contribution in [3.8, 4) is 0 Å². The highest BCUT2D eigenvalue weighted by molar-refractivity contribution is 6.67. The molecule has 1 amide bonds. The summed E-state index contributed by atoms with van der Waals surface area (Å²) in [6.07, 6.45) is 0.787. The zero-order valence-electron chi connectivity index (χ0n) is 9.22. The largest absolute Gasteiger partial charge is 0.463 e. The van der Waals surface area contributed by atoms with Crippen LogP contribution in [0.5, 0.6) is 0 Å². The number of aromatic nitrogens is 1. The fourth-order valence-corrected chi connectivity index (χ4v) is 1.28. The van der Waals surface area contributed by atoms with Crippen LogP contribution >= 0.6 is 34.8 Å². The van der Waals surface area contributed by atoms with Crippen LogP contribution in [-0.4, -0.2) is 38.2 Å². The third-order valence-corrected chi connectivity index (χ3v) is 2.22. The number of alkyl halides is 3. The standard InChI is InChI=1S/C10H11Cl3N2O3/c11-10(12,13)7-18-15(9(16)17)6-4-8-3-1-2-5-14-8/h1-3,5H,4,6-7H2,(H,16,17).